The van der Waals surface area contributed by atoms with Gasteiger partial charge in [0.15, 0.2) is 0 Å². The molecule has 3 rings (SSSR count). The molecule has 0 aliphatic carbocycles. The predicted molar refractivity (Wildman–Crippen MR) is 119 cm³/mol. The molecule has 152 valence electrons. The molecule has 1 heterocycles. The number of ether oxygens (including phenoxy) is 1. The number of aromatic nitrogens is 1. The molecule has 0 N–H and O–H groups in total. The van der Waals surface area contributed by atoms with Crippen LogP contribution in [0, 0.1) is 11.8 Å². The van der Waals surface area contributed by atoms with Gasteiger partial charge in [-0.25, -0.2) is 4.21 Å². The van der Waals surface area contributed by atoms with E-state index in [1.54, 1.807) is 19.2 Å². The summed E-state index contributed by atoms with van der Waals surface area (Å²) < 4.78 is 22.0. The second-order valence-corrected chi connectivity index (χ2v) is 9.38. The molecule has 0 radical (unpaired) electrons. The summed E-state index contributed by atoms with van der Waals surface area (Å²) in [7, 11) is -1.47. The van der Waals surface area contributed by atoms with Gasteiger partial charge in [0.1, 0.15) is 5.75 Å². The Labute approximate surface area is 185 Å². The van der Waals surface area contributed by atoms with Crippen molar-refractivity contribution in [2.45, 2.75) is 4.90 Å². The molecule has 3 aromatic rings. The molecule has 0 aliphatic rings. The molecule has 0 saturated heterocycles. The van der Waals surface area contributed by atoms with Crippen LogP contribution in [0.15, 0.2) is 70.2 Å². The average molecular weight is 459 g/mol. The van der Waals surface area contributed by atoms with Gasteiger partial charge in [-0.1, -0.05) is 41.1 Å². The van der Waals surface area contributed by atoms with Crippen molar-refractivity contribution in [1.29, 1.82) is 0 Å². The van der Waals surface area contributed by atoms with Crippen LogP contribution < -0.4 is 4.74 Å². The number of pyridine rings is 1. The van der Waals surface area contributed by atoms with Crippen LogP contribution >= 0.6 is 23.2 Å². The van der Waals surface area contributed by atoms with Gasteiger partial charge in [0.25, 0.3) is 5.91 Å². The van der Waals surface area contributed by atoms with E-state index in [0.717, 1.165) is 5.56 Å². The van der Waals surface area contributed by atoms with Crippen LogP contribution in [0.4, 0.5) is 0 Å². The maximum atomic E-state index is 13.0. The van der Waals surface area contributed by atoms with Crippen molar-refractivity contribution < 1.29 is 13.7 Å². The van der Waals surface area contributed by atoms with E-state index in [2.05, 4.69) is 21.2 Å². The third kappa shape index (κ3) is 5.61. The predicted octanol–water partition coefficient (Wildman–Crippen LogP) is 5.09. The Balaban J connectivity index is 1.90. The van der Waals surface area contributed by atoms with Crippen molar-refractivity contribution >= 4 is 38.8 Å². The number of rotatable bonds is 3. The van der Waals surface area contributed by atoms with Gasteiger partial charge in [-0.3, -0.25) is 9.78 Å². The van der Waals surface area contributed by atoms with Gasteiger partial charge in [-0.15, -0.1) is 0 Å². The second-order valence-electron chi connectivity index (χ2n) is 6.25. The van der Waals surface area contributed by atoms with Gasteiger partial charge >= 0.3 is 0 Å². The van der Waals surface area contributed by atoms with Crippen molar-refractivity contribution in [3.8, 4) is 17.6 Å². The molecular weight excluding hydrogens is 443 g/mol. The molecule has 0 saturated carbocycles. The Hall–Kier alpha value is -2.85. The molecular formula is C22H16Cl2N2O3S. The summed E-state index contributed by atoms with van der Waals surface area (Å²) in [6, 6.07) is 13.3. The Kier molecular flexibility index (Phi) is 6.78. The smallest absolute Gasteiger partial charge is 0.286 e. The highest BCUT2D eigenvalue weighted by atomic mass is 35.5. The van der Waals surface area contributed by atoms with E-state index in [1.807, 2.05) is 18.2 Å². The molecule has 0 bridgehead atoms. The standard InChI is InChI=1S/C22H16Cl2N2O3S/c1-29-20-5-3-4-15(9-20)6-7-16-8-17(14-25-13-16)22(27)26-30(2,28)21-11-18(23)10-19(24)12-21/h3-5,8-14H,1-2H3. The highest BCUT2D eigenvalue weighted by Gasteiger charge is 2.13. The summed E-state index contributed by atoms with van der Waals surface area (Å²) in [5.74, 6) is 5.96. The number of benzene rings is 2. The van der Waals surface area contributed by atoms with Gasteiger partial charge in [-0.2, -0.15) is 4.36 Å². The topological polar surface area (TPSA) is 68.6 Å². The molecule has 0 fully saturated rings. The molecule has 1 amide bonds. The maximum Gasteiger partial charge on any atom is 0.286 e. The lowest BCUT2D eigenvalue weighted by molar-refractivity contribution is 0.100. The minimum Gasteiger partial charge on any atom is -0.497 e. The van der Waals surface area contributed by atoms with Crippen LogP contribution in [0.5, 0.6) is 5.75 Å². The van der Waals surface area contributed by atoms with Crippen molar-refractivity contribution in [2.75, 3.05) is 13.4 Å². The summed E-state index contributed by atoms with van der Waals surface area (Å²) in [4.78, 5) is 16.9. The first kappa shape index (κ1) is 21.8. The van der Waals surface area contributed by atoms with Crippen molar-refractivity contribution in [2.24, 2.45) is 4.36 Å². The molecule has 1 aromatic heterocycles. The van der Waals surface area contributed by atoms with Gasteiger partial charge in [0, 0.05) is 39.8 Å². The number of methoxy groups -OCH3 is 1. The first-order valence-electron chi connectivity index (χ1n) is 8.60. The number of hydrogen-bond donors (Lipinski definition) is 0. The van der Waals surface area contributed by atoms with Gasteiger partial charge in [0.05, 0.1) is 27.3 Å². The minimum absolute atomic E-state index is 0.176. The Bertz CT molecular complexity index is 1280. The van der Waals surface area contributed by atoms with Crippen molar-refractivity contribution in [3.05, 3.63) is 87.7 Å². The SMILES string of the molecule is COc1cccc(C#Cc2cncc(C(=O)N=S(C)(=O)c3cc(Cl)cc(Cl)c3)c2)c1. The fraction of sp³-hybridized carbons (Fsp3) is 0.0909. The quantitative estimate of drug-likeness (QED) is 0.512. The van der Waals surface area contributed by atoms with Gasteiger partial charge in [0.2, 0.25) is 0 Å². The third-order valence-electron chi connectivity index (χ3n) is 3.94. The lowest BCUT2D eigenvalue weighted by Crippen LogP contribution is -2.04. The van der Waals surface area contributed by atoms with E-state index in [4.69, 9.17) is 27.9 Å². The monoisotopic (exact) mass is 458 g/mol. The summed E-state index contributed by atoms with van der Waals surface area (Å²) in [6.45, 7) is 0. The molecule has 1 atom stereocenters. The first-order chi connectivity index (χ1) is 14.3. The normalized spacial score (nSPS) is 12.3. The minimum atomic E-state index is -3.05. The van der Waals surface area contributed by atoms with Crippen LogP contribution in [-0.2, 0) is 9.73 Å². The van der Waals surface area contributed by atoms with Crippen LogP contribution in [-0.4, -0.2) is 28.5 Å². The zero-order valence-electron chi connectivity index (χ0n) is 16.1. The summed E-state index contributed by atoms with van der Waals surface area (Å²) in [6.07, 6.45) is 4.24. The fourth-order valence-electron chi connectivity index (χ4n) is 2.48. The summed E-state index contributed by atoms with van der Waals surface area (Å²) in [5, 5.41) is 0.623. The maximum absolute atomic E-state index is 13.0. The van der Waals surface area contributed by atoms with Crippen LogP contribution in [0.3, 0.4) is 0 Å². The second kappa shape index (κ2) is 9.31. The van der Waals surface area contributed by atoms with Crippen molar-refractivity contribution in [1.82, 2.24) is 4.98 Å². The number of halogens is 2. The number of hydrogen-bond acceptors (Lipinski definition) is 4. The highest BCUT2D eigenvalue weighted by Crippen LogP contribution is 2.23. The summed E-state index contributed by atoms with van der Waals surface area (Å²) >= 11 is 11.9. The van der Waals surface area contributed by atoms with Crippen LogP contribution in [0.25, 0.3) is 0 Å². The molecule has 5 nitrogen and oxygen atoms in total. The Morgan fingerprint density at radius 3 is 2.43 bits per heavy atom. The molecule has 0 spiro atoms. The zero-order valence-corrected chi connectivity index (χ0v) is 18.4. The zero-order chi connectivity index (χ0) is 21.7. The van der Waals surface area contributed by atoms with Crippen LogP contribution in [0.2, 0.25) is 10.0 Å². The average Bonchev–Trinajstić information content (AvgIpc) is 2.71. The molecule has 2 aromatic carbocycles. The highest BCUT2D eigenvalue weighted by molar-refractivity contribution is 7.93. The van der Waals surface area contributed by atoms with Gasteiger partial charge < -0.3 is 4.74 Å². The van der Waals surface area contributed by atoms with E-state index < -0.39 is 15.6 Å². The van der Waals surface area contributed by atoms with E-state index >= 15 is 0 Å². The van der Waals surface area contributed by atoms with E-state index in [-0.39, 0.29) is 10.5 Å². The number of carbonyl (C=O) groups is 1. The molecule has 0 aliphatic heterocycles. The number of carbonyl (C=O) groups excluding carboxylic acids is 1. The first-order valence-corrected chi connectivity index (χ1v) is 11.3. The van der Waals surface area contributed by atoms with E-state index in [1.165, 1.54) is 36.8 Å². The van der Waals surface area contributed by atoms with Crippen LogP contribution in [0.1, 0.15) is 21.5 Å². The lowest BCUT2D eigenvalue weighted by Gasteiger charge is -2.05. The number of nitrogens with zero attached hydrogens (tertiary/aromatic N) is 2. The van der Waals surface area contributed by atoms with Crippen molar-refractivity contribution in [3.63, 3.8) is 0 Å². The third-order valence-corrected chi connectivity index (χ3v) is 6.00. The largest absolute Gasteiger partial charge is 0.497 e. The molecule has 8 heteroatoms. The fourth-order valence-corrected chi connectivity index (χ4v) is 4.36. The summed E-state index contributed by atoms with van der Waals surface area (Å²) in [5.41, 5.74) is 1.45. The van der Waals surface area contributed by atoms with E-state index in [0.29, 0.717) is 21.4 Å². The molecule has 30 heavy (non-hydrogen) atoms. The van der Waals surface area contributed by atoms with E-state index in [9.17, 15) is 9.00 Å². The van der Waals surface area contributed by atoms with Gasteiger partial charge in [-0.05, 0) is 42.5 Å². The Morgan fingerprint density at radius 1 is 1.03 bits per heavy atom. The lowest BCUT2D eigenvalue weighted by atomic mass is 10.1. The Morgan fingerprint density at radius 2 is 1.73 bits per heavy atom. The molecule has 1 unspecified atom stereocenters. The number of amides is 1.